The van der Waals surface area contributed by atoms with Gasteiger partial charge in [0.2, 0.25) is 10.0 Å². The largest absolute Gasteiger partial charge is 0.459 e. The molecule has 0 unspecified atom stereocenters. The SMILES string of the molecule is O=C(NS(=O)(=O)CCc1ccccc1)c1ccco1. The quantitative estimate of drug-likeness (QED) is 0.901. The minimum Gasteiger partial charge on any atom is -0.459 e. The average Bonchev–Trinajstić information content (AvgIpc) is 2.91. The molecule has 19 heavy (non-hydrogen) atoms. The van der Waals surface area contributed by atoms with Crippen molar-refractivity contribution in [3.8, 4) is 0 Å². The van der Waals surface area contributed by atoms with Gasteiger partial charge in [-0.05, 0) is 24.1 Å². The first-order valence-corrected chi connectivity index (χ1v) is 7.34. The van der Waals surface area contributed by atoms with Crippen molar-refractivity contribution in [3.05, 3.63) is 60.1 Å². The third kappa shape index (κ3) is 3.96. The number of aryl methyl sites for hydroxylation is 1. The Labute approximate surface area is 111 Å². The zero-order valence-electron chi connectivity index (χ0n) is 10.1. The molecule has 0 aliphatic carbocycles. The van der Waals surface area contributed by atoms with Gasteiger partial charge in [-0.15, -0.1) is 0 Å². The van der Waals surface area contributed by atoms with E-state index in [1.807, 2.05) is 35.1 Å². The summed E-state index contributed by atoms with van der Waals surface area (Å²) in [6.07, 6.45) is 1.66. The van der Waals surface area contributed by atoms with Crippen molar-refractivity contribution in [1.29, 1.82) is 0 Å². The molecule has 0 aliphatic heterocycles. The highest BCUT2D eigenvalue weighted by atomic mass is 32.2. The molecule has 0 saturated heterocycles. The van der Waals surface area contributed by atoms with Gasteiger partial charge in [0.25, 0.3) is 5.91 Å². The number of carbonyl (C=O) groups excluding carboxylic acids is 1. The summed E-state index contributed by atoms with van der Waals surface area (Å²) >= 11 is 0. The fourth-order valence-corrected chi connectivity index (χ4v) is 2.54. The van der Waals surface area contributed by atoms with Crippen molar-refractivity contribution in [2.24, 2.45) is 0 Å². The Morgan fingerprint density at radius 1 is 1.11 bits per heavy atom. The summed E-state index contributed by atoms with van der Waals surface area (Å²) in [5.74, 6) is -0.926. The van der Waals surface area contributed by atoms with Crippen molar-refractivity contribution < 1.29 is 17.6 Å². The topological polar surface area (TPSA) is 76.4 Å². The number of sulfonamides is 1. The number of benzene rings is 1. The van der Waals surface area contributed by atoms with E-state index in [9.17, 15) is 13.2 Å². The summed E-state index contributed by atoms with van der Waals surface area (Å²) in [6, 6.07) is 12.1. The van der Waals surface area contributed by atoms with Crippen LogP contribution in [0.5, 0.6) is 0 Å². The van der Waals surface area contributed by atoms with E-state index < -0.39 is 15.9 Å². The van der Waals surface area contributed by atoms with Crippen LogP contribution in [0.3, 0.4) is 0 Å². The Bertz CT molecular complexity index is 633. The van der Waals surface area contributed by atoms with Gasteiger partial charge in [-0.3, -0.25) is 4.79 Å². The summed E-state index contributed by atoms with van der Waals surface area (Å²) in [7, 11) is -3.66. The predicted octanol–water partition coefficient (Wildman–Crippen LogP) is 1.58. The van der Waals surface area contributed by atoms with Crippen LogP contribution in [0.4, 0.5) is 0 Å². The fraction of sp³-hybridized carbons (Fsp3) is 0.154. The molecule has 0 fully saturated rings. The van der Waals surface area contributed by atoms with Crippen molar-refractivity contribution >= 4 is 15.9 Å². The van der Waals surface area contributed by atoms with Gasteiger partial charge in [0.1, 0.15) is 0 Å². The molecule has 1 heterocycles. The smallest absolute Gasteiger partial charge is 0.300 e. The van der Waals surface area contributed by atoms with Gasteiger partial charge < -0.3 is 4.42 Å². The first kappa shape index (κ1) is 13.4. The lowest BCUT2D eigenvalue weighted by Crippen LogP contribution is -2.32. The normalized spacial score (nSPS) is 11.2. The second kappa shape index (κ2) is 5.71. The molecule has 1 aromatic carbocycles. The van der Waals surface area contributed by atoms with Crippen LogP contribution in [0.15, 0.2) is 53.1 Å². The predicted molar refractivity (Wildman–Crippen MR) is 70.1 cm³/mol. The molecule has 0 aliphatic rings. The number of rotatable bonds is 5. The lowest BCUT2D eigenvalue weighted by atomic mass is 10.2. The first-order valence-electron chi connectivity index (χ1n) is 5.69. The summed E-state index contributed by atoms with van der Waals surface area (Å²) in [5, 5.41) is 0. The second-order valence-corrected chi connectivity index (χ2v) is 5.80. The second-order valence-electron chi connectivity index (χ2n) is 3.96. The standard InChI is InChI=1S/C13H13NO4S/c15-13(12-7-4-9-18-12)14-19(16,17)10-8-11-5-2-1-3-6-11/h1-7,9H,8,10H2,(H,14,15). The van der Waals surface area contributed by atoms with Gasteiger partial charge >= 0.3 is 0 Å². The van der Waals surface area contributed by atoms with Crippen molar-refractivity contribution in [2.75, 3.05) is 5.75 Å². The van der Waals surface area contributed by atoms with Crippen LogP contribution in [-0.4, -0.2) is 20.1 Å². The molecule has 2 aromatic rings. The highest BCUT2D eigenvalue weighted by Gasteiger charge is 2.17. The Morgan fingerprint density at radius 3 is 2.47 bits per heavy atom. The van der Waals surface area contributed by atoms with Gasteiger partial charge in [-0.25, -0.2) is 13.1 Å². The molecule has 0 radical (unpaired) electrons. The highest BCUT2D eigenvalue weighted by Crippen LogP contribution is 2.03. The molecule has 1 aromatic heterocycles. The Hall–Kier alpha value is -2.08. The van der Waals surface area contributed by atoms with Crippen molar-refractivity contribution in [1.82, 2.24) is 4.72 Å². The lowest BCUT2D eigenvalue weighted by Gasteiger charge is -2.05. The minimum atomic E-state index is -3.66. The van der Waals surface area contributed by atoms with E-state index in [0.29, 0.717) is 6.42 Å². The summed E-state index contributed by atoms with van der Waals surface area (Å²) in [6.45, 7) is 0. The Balaban J connectivity index is 1.94. The minimum absolute atomic E-state index is 0.0247. The van der Waals surface area contributed by atoms with Crippen molar-refractivity contribution in [2.45, 2.75) is 6.42 Å². The first-order chi connectivity index (χ1) is 9.07. The number of hydrogen-bond donors (Lipinski definition) is 1. The van der Waals surface area contributed by atoms with E-state index in [1.54, 1.807) is 0 Å². The maximum absolute atomic E-state index is 11.7. The third-order valence-corrected chi connectivity index (χ3v) is 3.73. The van der Waals surface area contributed by atoms with E-state index in [4.69, 9.17) is 4.42 Å². The summed E-state index contributed by atoms with van der Waals surface area (Å²) in [4.78, 5) is 11.5. The summed E-state index contributed by atoms with van der Waals surface area (Å²) < 4.78 is 30.3. The Kier molecular flexibility index (Phi) is 4.01. The fourth-order valence-electron chi connectivity index (χ4n) is 1.55. The number of amides is 1. The van der Waals surface area contributed by atoms with Crippen LogP contribution < -0.4 is 4.72 Å². The third-order valence-electron chi connectivity index (χ3n) is 2.50. The number of furan rings is 1. The van der Waals surface area contributed by atoms with Gasteiger partial charge in [0.05, 0.1) is 12.0 Å². The van der Waals surface area contributed by atoms with Crippen LogP contribution in [0.2, 0.25) is 0 Å². The van der Waals surface area contributed by atoms with E-state index >= 15 is 0 Å². The van der Waals surface area contributed by atoms with Crippen molar-refractivity contribution in [3.63, 3.8) is 0 Å². The number of hydrogen-bond acceptors (Lipinski definition) is 4. The summed E-state index contributed by atoms with van der Waals surface area (Å²) in [5.41, 5.74) is 0.901. The molecular formula is C13H13NO4S. The molecular weight excluding hydrogens is 266 g/mol. The van der Waals surface area contributed by atoms with E-state index in [2.05, 4.69) is 0 Å². The van der Waals surface area contributed by atoms with E-state index in [0.717, 1.165) is 5.56 Å². The highest BCUT2D eigenvalue weighted by molar-refractivity contribution is 7.90. The lowest BCUT2D eigenvalue weighted by molar-refractivity contribution is 0.0954. The molecule has 0 bridgehead atoms. The molecule has 6 heteroatoms. The monoisotopic (exact) mass is 279 g/mol. The molecule has 0 spiro atoms. The van der Waals surface area contributed by atoms with Gasteiger partial charge in [0, 0.05) is 0 Å². The number of carbonyl (C=O) groups is 1. The average molecular weight is 279 g/mol. The van der Waals surface area contributed by atoms with E-state index in [-0.39, 0.29) is 11.5 Å². The Morgan fingerprint density at radius 2 is 1.84 bits per heavy atom. The van der Waals surface area contributed by atoms with Crippen LogP contribution in [0.1, 0.15) is 16.1 Å². The molecule has 2 rings (SSSR count). The molecule has 0 saturated carbocycles. The van der Waals surface area contributed by atoms with Gasteiger partial charge in [0.15, 0.2) is 5.76 Å². The molecule has 100 valence electrons. The van der Waals surface area contributed by atoms with Crippen LogP contribution in [0, 0.1) is 0 Å². The van der Waals surface area contributed by atoms with Crippen LogP contribution in [0.25, 0.3) is 0 Å². The maximum atomic E-state index is 11.7. The molecule has 1 N–H and O–H groups in total. The molecule has 5 nitrogen and oxygen atoms in total. The zero-order chi connectivity index (χ0) is 13.7. The van der Waals surface area contributed by atoms with Crippen LogP contribution in [-0.2, 0) is 16.4 Å². The molecule has 0 atom stereocenters. The van der Waals surface area contributed by atoms with Crippen LogP contribution >= 0.6 is 0 Å². The number of nitrogens with one attached hydrogen (secondary N) is 1. The molecule has 1 amide bonds. The van der Waals surface area contributed by atoms with E-state index in [1.165, 1.54) is 18.4 Å². The maximum Gasteiger partial charge on any atom is 0.300 e. The van der Waals surface area contributed by atoms with Gasteiger partial charge in [-0.2, -0.15) is 0 Å². The zero-order valence-corrected chi connectivity index (χ0v) is 10.9. The van der Waals surface area contributed by atoms with Gasteiger partial charge in [-0.1, -0.05) is 30.3 Å².